The lowest BCUT2D eigenvalue weighted by atomic mass is 10.1. The van der Waals surface area contributed by atoms with Crippen LogP contribution in [0, 0.1) is 6.92 Å². The normalized spacial score (nSPS) is 10.7. The minimum atomic E-state index is 0.845. The van der Waals surface area contributed by atoms with E-state index in [9.17, 15) is 0 Å². The Morgan fingerprint density at radius 2 is 1.80 bits per heavy atom. The molecule has 0 N–H and O–H groups in total. The second kappa shape index (κ2) is 5.63. The van der Waals surface area contributed by atoms with Crippen molar-refractivity contribution in [2.45, 2.75) is 13.5 Å². The van der Waals surface area contributed by atoms with Crippen LogP contribution in [0.25, 0.3) is 11.4 Å². The van der Waals surface area contributed by atoms with Crippen LogP contribution >= 0.6 is 15.9 Å². The molecule has 3 aromatic rings. The van der Waals surface area contributed by atoms with Gasteiger partial charge in [-0.25, -0.2) is 4.98 Å². The van der Waals surface area contributed by atoms with Crippen LogP contribution in [0.4, 0.5) is 0 Å². The number of aromatic nitrogens is 2. The summed E-state index contributed by atoms with van der Waals surface area (Å²) in [4.78, 5) is 4.49. The fourth-order valence-electron chi connectivity index (χ4n) is 2.27. The molecule has 0 atom stereocenters. The minimum absolute atomic E-state index is 0.845. The summed E-state index contributed by atoms with van der Waals surface area (Å²) in [6.45, 7) is 2.99. The van der Waals surface area contributed by atoms with Gasteiger partial charge in [-0.3, -0.25) is 0 Å². The Balaban J connectivity index is 1.95. The van der Waals surface area contributed by atoms with Crippen LogP contribution in [0.5, 0.6) is 0 Å². The van der Waals surface area contributed by atoms with Crippen molar-refractivity contribution in [1.29, 1.82) is 0 Å². The predicted octanol–water partition coefficient (Wildman–Crippen LogP) is 4.67. The van der Waals surface area contributed by atoms with Crippen LogP contribution in [0.3, 0.4) is 0 Å². The molecule has 0 aliphatic rings. The largest absolute Gasteiger partial charge is 0.327 e. The van der Waals surface area contributed by atoms with Crippen molar-refractivity contribution in [2.75, 3.05) is 0 Å². The molecule has 2 nitrogen and oxygen atoms in total. The summed E-state index contributed by atoms with van der Waals surface area (Å²) in [6, 6.07) is 16.7. The van der Waals surface area contributed by atoms with E-state index in [-0.39, 0.29) is 0 Å². The van der Waals surface area contributed by atoms with Crippen molar-refractivity contribution in [3.05, 3.63) is 76.5 Å². The monoisotopic (exact) mass is 326 g/mol. The number of aryl methyl sites for hydroxylation is 1. The van der Waals surface area contributed by atoms with Crippen molar-refractivity contribution in [3.8, 4) is 11.4 Å². The van der Waals surface area contributed by atoms with E-state index in [1.54, 1.807) is 0 Å². The molecule has 20 heavy (non-hydrogen) atoms. The summed E-state index contributed by atoms with van der Waals surface area (Å²) in [5, 5.41) is 0. The maximum absolute atomic E-state index is 4.49. The third-order valence-electron chi connectivity index (χ3n) is 3.42. The summed E-state index contributed by atoms with van der Waals surface area (Å²) in [5.74, 6) is 1.00. The first-order valence-corrected chi connectivity index (χ1v) is 7.35. The van der Waals surface area contributed by atoms with Gasteiger partial charge in [0, 0.05) is 29.0 Å². The number of benzene rings is 2. The average Bonchev–Trinajstić information content (AvgIpc) is 2.90. The number of hydrogen-bond acceptors (Lipinski definition) is 1. The molecule has 0 unspecified atom stereocenters. The van der Waals surface area contributed by atoms with Crippen LogP contribution in [0.2, 0.25) is 0 Å². The molecule has 3 rings (SSSR count). The zero-order valence-electron chi connectivity index (χ0n) is 11.3. The maximum Gasteiger partial charge on any atom is 0.140 e. The molecule has 0 fully saturated rings. The number of halogens is 1. The highest BCUT2D eigenvalue weighted by molar-refractivity contribution is 9.10. The first-order chi connectivity index (χ1) is 9.74. The molecule has 0 bridgehead atoms. The predicted molar refractivity (Wildman–Crippen MR) is 85.6 cm³/mol. The fourth-order valence-corrected chi connectivity index (χ4v) is 2.53. The maximum atomic E-state index is 4.49. The molecule has 1 aromatic heterocycles. The molecule has 0 amide bonds. The van der Waals surface area contributed by atoms with Crippen molar-refractivity contribution >= 4 is 15.9 Å². The van der Waals surface area contributed by atoms with Crippen LogP contribution in [0.1, 0.15) is 11.1 Å². The second-order valence-corrected chi connectivity index (χ2v) is 5.73. The Morgan fingerprint density at radius 1 is 1.05 bits per heavy atom. The molecule has 0 radical (unpaired) electrons. The van der Waals surface area contributed by atoms with Gasteiger partial charge in [-0.15, -0.1) is 0 Å². The van der Waals surface area contributed by atoms with Crippen molar-refractivity contribution in [3.63, 3.8) is 0 Å². The Bertz CT molecular complexity index is 714. The molecule has 0 saturated carbocycles. The first kappa shape index (κ1) is 13.1. The van der Waals surface area contributed by atoms with E-state index < -0.39 is 0 Å². The molecular weight excluding hydrogens is 312 g/mol. The summed E-state index contributed by atoms with van der Waals surface area (Å²) < 4.78 is 3.27. The average molecular weight is 327 g/mol. The summed E-state index contributed by atoms with van der Waals surface area (Å²) in [7, 11) is 0. The van der Waals surface area contributed by atoms with Gasteiger partial charge in [0.05, 0.1) is 0 Å². The van der Waals surface area contributed by atoms with Gasteiger partial charge in [-0.1, -0.05) is 52.3 Å². The fraction of sp³-hybridized carbons (Fsp3) is 0.118. The van der Waals surface area contributed by atoms with E-state index in [0.717, 1.165) is 22.4 Å². The van der Waals surface area contributed by atoms with Crippen LogP contribution < -0.4 is 0 Å². The Labute approximate surface area is 127 Å². The van der Waals surface area contributed by atoms with Gasteiger partial charge in [0.15, 0.2) is 0 Å². The molecule has 0 aliphatic heterocycles. The highest BCUT2D eigenvalue weighted by atomic mass is 79.9. The second-order valence-electron chi connectivity index (χ2n) is 4.81. The van der Waals surface area contributed by atoms with Gasteiger partial charge in [-0.05, 0) is 30.2 Å². The SMILES string of the molecule is Cc1ccccc1Cn1ccnc1-c1ccc(Br)cc1. The third-order valence-corrected chi connectivity index (χ3v) is 3.95. The molecule has 0 aliphatic carbocycles. The molecule has 3 heteroatoms. The van der Waals surface area contributed by atoms with Crippen LogP contribution in [-0.2, 0) is 6.54 Å². The van der Waals surface area contributed by atoms with Crippen LogP contribution in [0.15, 0.2) is 65.4 Å². The van der Waals surface area contributed by atoms with Gasteiger partial charge >= 0.3 is 0 Å². The number of hydrogen-bond donors (Lipinski definition) is 0. The number of imidazole rings is 1. The first-order valence-electron chi connectivity index (χ1n) is 6.55. The van der Waals surface area contributed by atoms with Gasteiger partial charge in [0.2, 0.25) is 0 Å². The van der Waals surface area contributed by atoms with E-state index in [1.807, 2.05) is 24.5 Å². The topological polar surface area (TPSA) is 17.8 Å². The minimum Gasteiger partial charge on any atom is -0.327 e. The molecule has 1 heterocycles. The van der Waals surface area contributed by atoms with E-state index in [4.69, 9.17) is 0 Å². The quantitative estimate of drug-likeness (QED) is 0.683. The molecule has 0 spiro atoms. The smallest absolute Gasteiger partial charge is 0.140 e. The third kappa shape index (κ3) is 2.68. The van der Waals surface area contributed by atoms with Crippen molar-refractivity contribution in [1.82, 2.24) is 9.55 Å². The lowest BCUT2D eigenvalue weighted by molar-refractivity contribution is 0.801. The zero-order chi connectivity index (χ0) is 13.9. The zero-order valence-corrected chi connectivity index (χ0v) is 12.8. The van der Waals surface area contributed by atoms with Crippen molar-refractivity contribution < 1.29 is 0 Å². The highest BCUT2D eigenvalue weighted by Crippen LogP contribution is 2.21. The highest BCUT2D eigenvalue weighted by Gasteiger charge is 2.07. The molecule has 2 aromatic carbocycles. The van der Waals surface area contributed by atoms with E-state index in [1.165, 1.54) is 11.1 Å². The van der Waals surface area contributed by atoms with Crippen molar-refractivity contribution in [2.24, 2.45) is 0 Å². The summed E-state index contributed by atoms with van der Waals surface area (Å²) >= 11 is 3.46. The van der Waals surface area contributed by atoms with E-state index in [0.29, 0.717) is 0 Å². The Morgan fingerprint density at radius 3 is 2.55 bits per heavy atom. The lowest BCUT2D eigenvalue weighted by Gasteiger charge is -2.10. The summed E-state index contributed by atoms with van der Waals surface area (Å²) in [6.07, 6.45) is 3.89. The van der Waals surface area contributed by atoms with E-state index >= 15 is 0 Å². The lowest BCUT2D eigenvalue weighted by Crippen LogP contribution is -2.02. The molecule has 0 saturated heterocycles. The standard InChI is InChI=1S/C17H15BrN2/c1-13-4-2-3-5-15(13)12-20-11-10-19-17(20)14-6-8-16(18)9-7-14/h2-11H,12H2,1H3. The number of rotatable bonds is 3. The number of nitrogens with zero attached hydrogens (tertiary/aromatic N) is 2. The molecular formula is C17H15BrN2. The van der Waals surface area contributed by atoms with Crippen LogP contribution in [-0.4, -0.2) is 9.55 Å². The Hall–Kier alpha value is -1.87. The summed E-state index contributed by atoms with van der Waals surface area (Å²) in [5.41, 5.74) is 3.76. The van der Waals surface area contributed by atoms with Gasteiger partial charge in [0.1, 0.15) is 5.82 Å². The molecule has 100 valence electrons. The van der Waals surface area contributed by atoms with E-state index in [2.05, 4.69) is 68.8 Å². The van der Waals surface area contributed by atoms with Gasteiger partial charge < -0.3 is 4.57 Å². The van der Waals surface area contributed by atoms with Gasteiger partial charge in [-0.2, -0.15) is 0 Å². The van der Waals surface area contributed by atoms with Gasteiger partial charge in [0.25, 0.3) is 0 Å². The Kier molecular flexibility index (Phi) is 3.70.